The fourth-order valence-corrected chi connectivity index (χ4v) is 5.07. The van der Waals surface area contributed by atoms with Crippen LogP contribution in [0.5, 0.6) is 0 Å². The molecule has 16 heteroatoms. The van der Waals surface area contributed by atoms with Gasteiger partial charge in [-0.05, 0) is 48.5 Å². The molecule has 0 fully saturated rings. The van der Waals surface area contributed by atoms with Crippen molar-refractivity contribution in [3.8, 4) is 22.5 Å². The van der Waals surface area contributed by atoms with Gasteiger partial charge in [0.05, 0.1) is 34.6 Å². The van der Waals surface area contributed by atoms with E-state index in [9.17, 15) is 22.4 Å². The Kier molecular flexibility index (Phi) is 8.86. The van der Waals surface area contributed by atoms with Gasteiger partial charge in [-0.25, -0.2) is 17.6 Å². The van der Waals surface area contributed by atoms with E-state index in [1.807, 2.05) is 27.7 Å². The summed E-state index contributed by atoms with van der Waals surface area (Å²) in [6.07, 6.45) is -0.0891. The Morgan fingerprint density at radius 1 is 0.755 bits per heavy atom. The highest BCUT2D eigenvalue weighted by atomic mass is 19.1. The number of hydrogen-bond donors (Lipinski definition) is 2. The van der Waals surface area contributed by atoms with Gasteiger partial charge in [-0.15, -0.1) is 20.4 Å². The van der Waals surface area contributed by atoms with E-state index in [2.05, 4.69) is 40.8 Å². The van der Waals surface area contributed by atoms with E-state index >= 15 is 0 Å². The number of anilines is 1. The summed E-state index contributed by atoms with van der Waals surface area (Å²) in [6.45, 7) is 7.89. The number of nitrogen functional groups attached to an aromatic ring is 1. The van der Waals surface area contributed by atoms with Crippen LogP contribution in [0.4, 0.5) is 23.4 Å². The van der Waals surface area contributed by atoms with Crippen molar-refractivity contribution >= 4 is 22.9 Å². The molecule has 250 valence electrons. The maximum atomic E-state index is 14.2. The summed E-state index contributed by atoms with van der Waals surface area (Å²) in [5.41, 5.74) is 8.86. The first-order chi connectivity index (χ1) is 23.4. The van der Waals surface area contributed by atoms with Crippen LogP contribution in [0.1, 0.15) is 67.2 Å². The molecule has 0 bridgehead atoms. The summed E-state index contributed by atoms with van der Waals surface area (Å²) < 4.78 is 57.3. The average molecular weight is 672 g/mol. The minimum Gasteiger partial charge on any atom is -0.382 e. The number of Topliss-reactive ketones (excluding diaryl/α,β-unsaturated/α-hetero) is 1. The Morgan fingerprint density at radius 3 is 1.96 bits per heavy atom. The molecule has 0 radical (unpaired) electrons. The zero-order valence-corrected chi connectivity index (χ0v) is 26.7. The van der Waals surface area contributed by atoms with Gasteiger partial charge in [-0.1, -0.05) is 27.7 Å². The normalized spacial score (nSPS) is 11.5. The second-order valence-corrected chi connectivity index (χ2v) is 11.7. The van der Waals surface area contributed by atoms with Gasteiger partial charge in [0.25, 0.3) is 0 Å². The number of aromatic nitrogens is 10. The quantitative estimate of drug-likeness (QED) is 0.151. The SMILES string of the molecule is CC(C)c1nnc2ccc(-c3c(N)n[nH]c3-c3ccc(F)cc3F)nn12.CC(C)c1nnc2ccc(CC(=O)c3ccc(F)cc3F)nn12. The highest BCUT2D eigenvalue weighted by molar-refractivity contribution is 5.97. The number of carbonyl (C=O) groups excluding carboxylic acids is 1. The number of nitrogens with zero attached hydrogens (tertiary/aromatic N) is 9. The Hall–Kier alpha value is -6.06. The molecule has 0 aliphatic rings. The van der Waals surface area contributed by atoms with Gasteiger partial charge in [0.2, 0.25) is 0 Å². The second kappa shape index (κ2) is 13.2. The topological polar surface area (TPSA) is 158 Å². The molecule has 0 aliphatic heterocycles. The molecule has 0 unspecified atom stereocenters. The molecule has 7 aromatic rings. The maximum absolute atomic E-state index is 14.2. The maximum Gasteiger partial charge on any atom is 0.177 e. The van der Waals surface area contributed by atoms with Gasteiger partial charge < -0.3 is 5.73 Å². The van der Waals surface area contributed by atoms with Gasteiger partial charge in [-0.3, -0.25) is 9.89 Å². The zero-order chi connectivity index (χ0) is 35.0. The first-order valence-electron chi connectivity index (χ1n) is 15.1. The number of benzene rings is 2. The van der Waals surface area contributed by atoms with Crippen LogP contribution in [0, 0.1) is 23.3 Å². The summed E-state index contributed by atoms with van der Waals surface area (Å²) in [7, 11) is 0. The molecule has 5 heterocycles. The molecule has 0 spiro atoms. The number of ketones is 1. The van der Waals surface area contributed by atoms with E-state index in [1.54, 1.807) is 33.3 Å². The van der Waals surface area contributed by atoms with Crippen LogP contribution in [-0.4, -0.2) is 55.6 Å². The van der Waals surface area contributed by atoms with Crippen molar-refractivity contribution in [2.45, 2.75) is 46.0 Å². The number of fused-ring (bicyclic) bond motifs is 2. The summed E-state index contributed by atoms with van der Waals surface area (Å²) in [5, 5.41) is 31.9. The van der Waals surface area contributed by atoms with Crippen LogP contribution in [0.2, 0.25) is 0 Å². The monoisotopic (exact) mass is 671 g/mol. The third-order valence-corrected chi connectivity index (χ3v) is 7.49. The standard InChI is InChI=1S/C17H15F2N7.C16H14F2N4O/c1-8(2)17-24-21-13-6-5-12(25-26(13)17)14-15(22-23-16(14)20)10-4-3-9(18)7-11(10)19;1-9(2)16-20-19-15-6-4-11(21-22(15)16)8-14(23)12-5-3-10(17)7-13(12)18/h3-8H,1-2H3,(H3,20,22,23);3-7,9H,8H2,1-2H3. The van der Waals surface area contributed by atoms with Crippen LogP contribution < -0.4 is 5.73 Å². The largest absolute Gasteiger partial charge is 0.382 e. The average Bonchev–Trinajstić information content (AvgIpc) is 3.77. The van der Waals surface area contributed by atoms with Gasteiger partial charge >= 0.3 is 0 Å². The van der Waals surface area contributed by atoms with Crippen molar-refractivity contribution in [3.05, 3.63) is 107 Å². The Morgan fingerprint density at radius 2 is 1.35 bits per heavy atom. The van der Waals surface area contributed by atoms with Crippen molar-refractivity contribution < 1.29 is 22.4 Å². The van der Waals surface area contributed by atoms with Gasteiger partial charge in [0.1, 0.15) is 23.3 Å². The molecular weight excluding hydrogens is 642 g/mol. The molecule has 2 aromatic carbocycles. The third kappa shape index (κ3) is 6.57. The summed E-state index contributed by atoms with van der Waals surface area (Å²) in [5.74, 6) is -1.66. The van der Waals surface area contributed by atoms with E-state index in [1.165, 1.54) is 12.1 Å². The Labute approximate surface area is 276 Å². The minimum atomic E-state index is -0.872. The molecule has 0 aliphatic carbocycles. The number of aromatic amines is 1. The van der Waals surface area contributed by atoms with E-state index < -0.39 is 29.1 Å². The number of H-pyrrole nitrogens is 1. The molecule has 0 amide bonds. The van der Waals surface area contributed by atoms with Gasteiger partial charge in [-0.2, -0.15) is 24.3 Å². The lowest BCUT2D eigenvalue weighted by Crippen LogP contribution is -2.10. The number of hydrogen-bond acceptors (Lipinski definition) is 9. The smallest absolute Gasteiger partial charge is 0.177 e. The van der Waals surface area contributed by atoms with E-state index in [-0.39, 0.29) is 35.2 Å². The van der Waals surface area contributed by atoms with Crippen molar-refractivity contribution in [1.82, 2.24) is 49.8 Å². The molecule has 0 saturated carbocycles. The van der Waals surface area contributed by atoms with Crippen LogP contribution in [0.25, 0.3) is 33.8 Å². The highest BCUT2D eigenvalue weighted by Crippen LogP contribution is 2.35. The predicted octanol–water partition coefficient (Wildman–Crippen LogP) is 6.12. The molecule has 3 N–H and O–H groups in total. The second-order valence-electron chi connectivity index (χ2n) is 11.7. The number of carbonyl (C=O) groups is 1. The molecule has 12 nitrogen and oxygen atoms in total. The van der Waals surface area contributed by atoms with E-state index in [0.717, 1.165) is 18.2 Å². The van der Waals surface area contributed by atoms with Crippen LogP contribution in [0.3, 0.4) is 0 Å². The molecule has 49 heavy (non-hydrogen) atoms. The van der Waals surface area contributed by atoms with E-state index in [0.29, 0.717) is 51.7 Å². The van der Waals surface area contributed by atoms with Crippen molar-refractivity contribution in [3.63, 3.8) is 0 Å². The lowest BCUT2D eigenvalue weighted by Gasteiger charge is -2.07. The summed E-state index contributed by atoms with van der Waals surface area (Å²) in [4.78, 5) is 12.2. The first kappa shape index (κ1) is 32.9. The van der Waals surface area contributed by atoms with Crippen molar-refractivity contribution in [2.24, 2.45) is 0 Å². The third-order valence-electron chi connectivity index (χ3n) is 7.49. The van der Waals surface area contributed by atoms with Crippen LogP contribution in [0.15, 0.2) is 60.7 Å². The lowest BCUT2D eigenvalue weighted by molar-refractivity contribution is 0.0987. The number of nitrogens with one attached hydrogen (secondary N) is 1. The van der Waals surface area contributed by atoms with Crippen molar-refractivity contribution in [2.75, 3.05) is 5.73 Å². The fourth-order valence-electron chi connectivity index (χ4n) is 5.07. The Balaban J connectivity index is 0.000000171. The number of rotatable bonds is 7. The predicted molar refractivity (Wildman–Crippen MR) is 171 cm³/mol. The molecule has 7 rings (SSSR count). The zero-order valence-electron chi connectivity index (χ0n) is 26.7. The van der Waals surface area contributed by atoms with Gasteiger partial charge in [0.15, 0.2) is 34.5 Å². The highest BCUT2D eigenvalue weighted by Gasteiger charge is 2.21. The lowest BCUT2D eigenvalue weighted by atomic mass is 10.0. The van der Waals surface area contributed by atoms with E-state index in [4.69, 9.17) is 5.73 Å². The molecular formula is C33H29F4N11O. The minimum absolute atomic E-state index is 0.0891. The first-order valence-corrected chi connectivity index (χ1v) is 15.1. The van der Waals surface area contributed by atoms with Crippen molar-refractivity contribution in [1.29, 1.82) is 0 Å². The molecule has 0 saturated heterocycles. The summed E-state index contributed by atoms with van der Waals surface area (Å²) >= 11 is 0. The fraction of sp³-hybridized carbons (Fsp3) is 0.212. The van der Waals surface area contributed by atoms with Gasteiger partial charge in [0, 0.05) is 29.5 Å². The molecule has 0 atom stereocenters. The van der Waals surface area contributed by atoms with Crippen LogP contribution >= 0.6 is 0 Å². The number of nitrogens with two attached hydrogens (primary N) is 1. The Bertz CT molecular complexity index is 2330. The van der Waals surface area contributed by atoms with Crippen LogP contribution in [-0.2, 0) is 6.42 Å². The molecule has 5 aromatic heterocycles. The number of halogens is 4. The summed E-state index contributed by atoms with van der Waals surface area (Å²) in [6, 6.07) is 13.0.